The highest BCUT2D eigenvalue weighted by molar-refractivity contribution is 7.52. The zero-order valence-corrected chi connectivity index (χ0v) is 28.2. The molecule has 19 heteroatoms. The van der Waals surface area contributed by atoms with Crippen LogP contribution in [0.3, 0.4) is 0 Å². The number of halogens is 4. The number of aliphatic hydroxyl groups excluding tert-OH is 1. The van der Waals surface area contributed by atoms with Gasteiger partial charge < -0.3 is 29.2 Å². The van der Waals surface area contributed by atoms with Gasteiger partial charge in [0.2, 0.25) is 6.23 Å². The number of esters is 1. The number of carbonyl (C=O) groups is 2. The number of hydrogen-bond acceptors (Lipinski definition) is 11. The quantitative estimate of drug-likeness (QED) is 0.161. The summed E-state index contributed by atoms with van der Waals surface area (Å²) in [6.45, 7) is 3.61. The number of para-hydroxylation sites is 1. The van der Waals surface area contributed by atoms with E-state index in [0.29, 0.717) is 4.57 Å². The molecule has 0 aliphatic carbocycles. The molecule has 2 heterocycles. The van der Waals surface area contributed by atoms with Gasteiger partial charge in [0.1, 0.15) is 23.7 Å². The average molecular weight is 735 g/mol. The number of alkyl halides is 2. The second kappa shape index (κ2) is 15.3. The lowest BCUT2D eigenvalue weighted by Gasteiger charge is -2.25. The van der Waals surface area contributed by atoms with Gasteiger partial charge in [0.05, 0.1) is 29.9 Å². The third-order valence-electron chi connectivity index (χ3n) is 6.60. The van der Waals surface area contributed by atoms with Gasteiger partial charge in [-0.3, -0.25) is 18.7 Å². The smallest absolute Gasteiger partial charge is 0.459 e. The summed E-state index contributed by atoms with van der Waals surface area (Å²) in [5.74, 6) is -5.76. The number of benzene rings is 2. The lowest BCUT2D eigenvalue weighted by atomic mass is 10.1. The van der Waals surface area contributed by atoms with Crippen molar-refractivity contribution in [2.75, 3.05) is 19.0 Å². The van der Waals surface area contributed by atoms with E-state index in [2.05, 4.69) is 15.4 Å². The van der Waals surface area contributed by atoms with Crippen LogP contribution in [0, 0.1) is 0 Å². The van der Waals surface area contributed by atoms with E-state index in [-0.39, 0.29) is 32.9 Å². The maximum Gasteiger partial charge on any atom is 0.459 e. The number of nitrogens with zero attached hydrogens (tertiary/aromatic N) is 2. The minimum atomic E-state index is -4.50. The normalized spacial score (nSPS) is 20.5. The van der Waals surface area contributed by atoms with E-state index < -0.39 is 68.4 Å². The molecule has 2 unspecified atom stereocenters. The topological polar surface area (TPSA) is 177 Å². The third-order valence-corrected chi connectivity index (χ3v) is 8.81. The largest absolute Gasteiger partial charge is 0.494 e. The Morgan fingerprint density at radius 1 is 1.15 bits per heavy atom. The van der Waals surface area contributed by atoms with Crippen LogP contribution in [-0.2, 0) is 23.4 Å². The first-order valence-corrected chi connectivity index (χ1v) is 16.5. The molecule has 3 N–H and O–H groups in total. The van der Waals surface area contributed by atoms with Gasteiger partial charge in [-0.05, 0) is 51.1 Å². The van der Waals surface area contributed by atoms with Crippen molar-refractivity contribution in [3.8, 4) is 11.5 Å². The Bertz CT molecular complexity index is 1730. The van der Waals surface area contributed by atoms with Crippen molar-refractivity contribution in [1.82, 2.24) is 14.6 Å². The molecule has 1 fully saturated rings. The van der Waals surface area contributed by atoms with Crippen LogP contribution in [0.25, 0.3) is 0 Å². The molecule has 1 aromatic heterocycles. The van der Waals surface area contributed by atoms with Crippen LogP contribution in [-0.4, -0.2) is 70.5 Å². The molecule has 14 nitrogen and oxygen atoms in total. The standard InChI is InChI=1S/C29H31Cl2F2N4O10P/c1-15(2)45-26(40)16(3)36-48(42,47-18-8-6-5-7-9-18)44-14-21-24(38)29(32,33)27(46-21)37-11-10-22(35-28(37)41)34-25(39)17-12-19(30)23(43-4)20(31)13-17/h5-13,15-16,21,24,27,38H,14H2,1-4H3,(H,36,42)(H,34,35,39,41)/t16-,21-,24-,27?,48?/m1/s1. The van der Waals surface area contributed by atoms with Crippen LogP contribution >= 0.6 is 30.9 Å². The number of amides is 1. The lowest BCUT2D eigenvalue weighted by Crippen LogP contribution is -2.42. The Kier molecular flexibility index (Phi) is 11.8. The zero-order valence-electron chi connectivity index (χ0n) is 25.8. The number of hydrogen-bond donors (Lipinski definition) is 3. The van der Waals surface area contributed by atoms with Crippen molar-refractivity contribution in [2.45, 2.75) is 57.3 Å². The minimum absolute atomic E-state index is 0.0115. The fraction of sp³-hybridized carbons (Fsp3) is 0.379. The molecule has 48 heavy (non-hydrogen) atoms. The van der Waals surface area contributed by atoms with Crippen molar-refractivity contribution in [3.63, 3.8) is 0 Å². The van der Waals surface area contributed by atoms with Gasteiger partial charge in [-0.15, -0.1) is 0 Å². The van der Waals surface area contributed by atoms with Crippen LogP contribution in [0.15, 0.2) is 59.5 Å². The third kappa shape index (κ3) is 8.69. The van der Waals surface area contributed by atoms with Crippen LogP contribution in [0.1, 0.15) is 37.4 Å². The van der Waals surface area contributed by atoms with E-state index in [1.54, 1.807) is 32.0 Å². The second-order valence-corrected chi connectivity index (χ2v) is 13.1. The van der Waals surface area contributed by atoms with Crippen LogP contribution < -0.4 is 25.4 Å². The number of nitrogens with one attached hydrogen (secondary N) is 2. The van der Waals surface area contributed by atoms with Crippen molar-refractivity contribution in [1.29, 1.82) is 0 Å². The second-order valence-electron chi connectivity index (χ2n) is 10.6. The summed E-state index contributed by atoms with van der Waals surface area (Å²) in [4.78, 5) is 41.5. The predicted octanol–water partition coefficient (Wildman–Crippen LogP) is 4.84. The van der Waals surface area contributed by atoms with Crippen LogP contribution in [0.4, 0.5) is 14.6 Å². The minimum Gasteiger partial charge on any atom is -0.494 e. The van der Waals surface area contributed by atoms with E-state index in [1.807, 2.05) is 0 Å². The fourth-order valence-corrected chi connectivity index (χ4v) is 6.49. The van der Waals surface area contributed by atoms with Gasteiger partial charge in [0.15, 0.2) is 11.9 Å². The molecule has 0 saturated carbocycles. The average Bonchev–Trinajstić information content (AvgIpc) is 3.23. The lowest BCUT2D eigenvalue weighted by molar-refractivity contribution is -0.149. The van der Waals surface area contributed by atoms with Gasteiger partial charge in [-0.2, -0.15) is 18.9 Å². The first-order valence-electron chi connectivity index (χ1n) is 14.2. The van der Waals surface area contributed by atoms with Crippen LogP contribution in [0.2, 0.25) is 10.0 Å². The Morgan fingerprint density at radius 2 is 1.79 bits per heavy atom. The Labute approximate surface area is 282 Å². The molecule has 0 radical (unpaired) electrons. The van der Waals surface area contributed by atoms with E-state index in [0.717, 1.165) is 12.3 Å². The molecular formula is C29H31Cl2F2N4O10P. The summed E-state index contributed by atoms with van der Waals surface area (Å²) in [5, 5.41) is 15.3. The van der Waals surface area contributed by atoms with Crippen molar-refractivity contribution in [2.24, 2.45) is 0 Å². The predicted molar refractivity (Wildman–Crippen MR) is 169 cm³/mol. The molecular weight excluding hydrogens is 704 g/mol. The first-order chi connectivity index (χ1) is 22.5. The van der Waals surface area contributed by atoms with E-state index in [1.165, 1.54) is 38.3 Å². The number of aromatic nitrogens is 2. The van der Waals surface area contributed by atoms with Crippen molar-refractivity contribution >= 4 is 48.6 Å². The molecule has 3 aromatic rings. The molecule has 2 aromatic carbocycles. The number of rotatable bonds is 13. The summed E-state index contributed by atoms with van der Waals surface area (Å²) in [6.07, 6.45) is -6.39. The molecule has 1 saturated heterocycles. The molecule has 4 rings (SSSR count). The monoisotopic (exact) mass is 734 g/mol. The summed E-state index contributed by atoms with van der Waals surface area (Å²) in [5.41, 5.74) is -1.28. The Hall–Kier alpha value is -3.63. The highest BCUT2D eigenvalue weighted by Gasteiger charge is 2.60. The summed E-state index contributed by atoms with van der Waals surface area (Å²) < 4.78 is 71.0. The molecule has 1 aliphatic heterocycles. The van der Waals surface area contributed by atoms with Crippen molar-refractivity contribution in [3.05, 3.63) is 80.8 Å². The SMILES string of the molecule is COc1c(Cl)cc(C(=O)Nc2ccn(C3O[C@H](COP(=O)(N[C@H](C)C(=O)OC(C)C)Oc4ccccc4)[C@@H](O)C3(F)F)c(=O)n2)cc1Cl. The molecule has 0 spiro atoms. The molecule has 5 atom stereocenters. The number of ether oxygens (including phenoxy) is 3. The zero-order chi connectivity index (χ0) is 35.4. The highest BCUT2D eigenvalue weighted by atomic mass is 35.5. The number of aliphatic hydroxyl groups is 1. The maximum absolute atomic E-state index is 15.3. The maximum atomic E-state index is 15.3. The van der Waals surface area contributed by atoms with Gasteiger partial charge >= 0.3 is 25.3 Å². The molecule has 0 bridgehead atoms. The van der Waals surface area contributed by atoms with Gasteiger partial charge in [0.25, 0.3) is 5.91 Å². The first kappa shape index (κ1) is 37.2. The summed E-state index contributed by atoms with van der Waals surface area (Å²) >= 11 is 12.1. The van der Waals surface area contributed by atoms with Gasteiger partial charge in [-0.1, -0.05) is 41.4 Å². The van der Waals surface area contributed by atoms with E-state index in [9.17, 15) is 24.1 Å². The van der Waals surface area contributed by atoms with Crippen LogP contribution in [0.5, 0.6) is 11.5 Å². The number of methoxy groups -OCH3 is 1. The highest BCUT2D eigenvalue weighted by Crippen LogP contribution is 2.48. The molecule has 1 amide bonds. The molecule has 1 aliphatic rings. The summed E-state index contributed by atoms with van der Waals surface area (Å²) in [7, 11) is -3.17. The number of anilines is 1. The van der Waals surface area contributed by atoms with E-state index in [4.69, 9.17) is 46.5 Å². The Morgan fingerprint density at radius 3 is 2.38 bits per heavy atom. The van der Waals surface area contributed by atoms with Gasteiger partial charge in [0, 0.05) is 11.8 Å². The molecule has 260 valence electrons. The number of carbonyl (C=O) groups excluding carboxylic acids is 2. The van der Waals surface area contributed by atoms with Gasteiger partial charge in [-0.25, -0.2) is 9.36 Å². The Balaban J connectivity index is 1.49. The fourth-order valence-electron chi connectivity index (χ4n) is 4.35. The summed E-state index contributed by atoms with van der Waals surface area (Å²) in [6, 6.07) is 10.0. The van der Waals surface area contributed by atoms with E-state index >= 15 is 8.78 Å². The van der Waals surface area contributed by atoms with Crippen molar-refractivity contribution < 1.29 is 51.3 Å².